The number of para-hydroxylation sites is 1. The molecule has 0 saturated carbocycles. The van der Waals surface area contributed by atoms with Gasteiger partial charge in [-0.15, -0.1) is 11.3 Å². The summed E-state index contributed by atoms with van der Waals surface area (Å²) in [6, 6.07) is 13.3. The average molecular weight is 511 g/mol. The Morgan fingerprint density at radius 2 is 1.86 bits per heavy atom. The molecular formula is C25H26N4O4S2. The average Bonchev–Trinajstić information content (AvgIpc) is 3.55. The molecule has 4 aromatic rings. The molecule has 35 heavy (non-hydrogen) atoms. The number of nitrogens with one attached hydrogen (secondary N) is 1. The number of furan rings is 1. The number of thiophene rings is 1. The van der Waals surface area contributed by atoms with Gasteiger partial charge < -0.3 is 14.6 Å². The summed E-state index contributed by atoms with van der Waals surface area (Å²) in [4.78, 5) is 24.9. The van der Waals surface area contributed by atoms with Crippen LogP contribution in [0.15, 0.2) is 69.9 Å². The zero-order valence-electron chi connectivity index (χ0n) is 19.7. The van der Waals surface area contributed by atoms with E-state index in [9.17, 15) is 13.2 Å². The maximum absolute atomic E-state index is 13.6. The van der Waals surface area contributed by atoms with Crippen molar-refractivity contribution >= 4 is 38.5 Å². The van der Waals surface area contributed by atoms with Crippen LogP contribution >= 0.6 is 11.3 Å². The van der Waals surface area contributed by atoms with Crippen molar-refractivity contribution in [3.63, 3.8) is 0 Å². The predicted octanol–water partition coefficient (Wildman–Crippen LogP) is 5.00. The first kappa shape index (κ1) is 24.6. The largest absolute Gasteiger partial charge is 0.467 e. The number of rotatable bonds is 9. The van der Waals surface area contributed by atoms with Gasteiger partial charge in [-0.1, -0.05) is 31.2 Å². The number of amides is 1. The fourth-order valence-corrected chi connectivity index (χ4v) is 5.05. The number of hydrogen-bond acceptors (Lipinski definition) is 8. The van der Waals surface area contributed by atoms with Gasteiger partial charge in [-0.2, -0.15) is 0 Å². The van der Waals surface area contributed by atoms with Gasteiger partial charge >= 0.3 is 0 Å². The first-order valence-corrected chi connectivity index (χ1v) is 13.6. The Kier molecular flexibility index (Phi) is 7.32. The van der Waals surface area contributed by atoms with Crippen LogP contribution in [0, 0.1) is 13.8 Å². The third kappa shape index (κ3) is 5.60. The first-order valence-electron chi connectivity index (χ1n) is 11.1. The van der Waals surface area contributed by atoms with Crippen LogP contribution in [-0.4, -0.2) is 30.0 Å². The lowest BCUT2D eigenvalue weighted by atomic mass is 10.1. The molecular weight excluding hydrogens is 484 g/mol. The normalized spacial score (nSPS) is 11.4. The van der Waals surface area contributed by atoms with Crippen LogP contribution in [0.1, 0.15) is 39.2 Å². The topological polar surface area (TPSA) is 105 Å². The molecule has 0 fully saturated rings. The molecule has 0 saturated heterocycles. The van der Waals surface area contributed by atoms with Crippen molar-refractivity contribution in [2.75, 3.05) is 16.0 Å². The molecule has 0 atom stereocenters. The number of hydrogen-bond donors (Lipinski definition) is 1. The van der Waals surface area contributed by atoms with Crippen LogP contribution in [0.4, 0.5) is 11.4 Å². The summed E-state index contributed by atoms with van der Waals surface area (Å²) in [5.41, 5.74) is 2.84. The van der Waals surface area contributed by atoms with Crippen molar-refractivity contribution in [2.45, 2.75) is 39.0 Å². The standard InChI is InChI=1S/C25H26N4O4S2/c1-4-35(31,32)25-26-14-21(23(28-25)24(30)27-22-17(2)8-5-9-18(22)3)29(15-19-10-6-12-33-19)16-20-11-7-13-34-20/h5-14H,4,15-16H2,1-3H3,(H,27,30). The second kappa shape index (κ2) is 10.4. The summed E-state index contributed by atoms with van der Waals surface area (Å²) < 4.78 is 30.7. The van der Waals surface area contributed by atoms with E-state index in [-0.39, 0.29) is 16.6 Å². The Labute approximate surface area is 208 Å². The molecule has 0 aliphatic rings. The second-order valence-corrected chi connectivity index (χ2v) is 11.2. The lowest BCUT2D eigenvalue weighted by molar-refractivity contribution is 0.102. The molecule has 0 aliphatic heterocycles. The number of sulfone groups is 1. The van der Waals surface area contributed by atoms with Gasteiger partial charge in [-0.3, -0.25) is 4.79 Å². The molecule has 1 aromatic carbocycles. The quantitative estimate of drug-likeness (QED) is 0.316. The van der Waals surface area contributed by atoms with E-state index in [2.05, 4.69) is 15.3 Å². The van der Waals surface area contributed by atoms with E-state index in [0.717, 1.165) is 16.0 Å². The van der Waals surface area contributed by atoms with Gasteiger partial charge in [0.05, 0.1) is 37.0 Å². The van der Waals surface area contributed by atoms with Crippen molar-refractivity contribution in [3.8, 4) is 0 Å². The molecule has 3 heterocycles. The summed E-state index contributed by atoms with van der Waals surface area (Å²) in [6.07, 6.45) is 2.99. The number of aromatic nitrogens is 2. The zero-order valence-corrected chi connectivity index (χ0v) is 21.3. The number of benzene rings is 1. The van der Waals surface area contributed by atoms with Gasteiger partial charge in [0.1, 0.15) is 5.76 Å². The SMILES string of the molecule is CCS(=O)(=O)c1ncc(N(Cc2ccco2)Cc2cccs2)c(C(=O)Nc2c(C)cccc2C)n1. The van der Waals surface area contributed by atoms with E-state index in [1.807, 2.05) is 60.5 Å². The lowest BCUT2D eigenvalue weighted by Crippen LogP contribution is -2.27. The van der Waals surface area contributed by atoms with Gasteiger partial charge in [-0.25, -0.2) is 18.4 Å². The summed E-state index contributed by atoms with van der Waals surface area (Å²) in [5.74, 6) is 0.00574. The molecule has 182 valence electrons. The molecule has 3 aromatic heterocycles. The fraction of sp³-hybridized carbons (Fsp3) is 0.240. The molecule has 0 radical (unpaired) electrons. The highest BCUT2D eigenvalue weighted by molar-refractivity contribution is 7.91. The van der Waals surface area contributed by atoms with Crippen molar-refractivity contribution in [3.05, 3.63) is 87.8 Å². The van der Waals surface area contributed by atoms with E-state index in [1.165, 1.54) is 13.1 Å². The molecule has 4 rings (SSSR count). The summed E-state index contributed by atoms with van der Waals surface area (Å²) >= 11 is 1.58. The molecule has 8 nitrogen and oxygen atoms in total. The number of anilines is 2. The van der Waals surface area contributed by atoms with Crippen LogP contribution in [-0.2, 0) is 22.9 Å². The predicted molar refractivity (Wildman–Crippen MR) is 137 cm³/mol. The lowest BCUT2D eigenvalue weighted by Gasteiger charge is -2.25. The minimum atomic E-state index is -3.72. The third-order valence-electron chi connectivity index (χ3n) is 5.53. The van der Waals surface area contributed by atoms with Crippen LogP contribution in [0.2, 0.25) is 0 Å². The van der Waals surface area contributed by atoms with E-state index in [4.69, 9.17) is 4.42 Å². The molecule has 0 unspecified atom stereocenters. The Morgan fingerprint density at radius 3 is 2.49 bits per heavy atom. The minimum Gasteiger partial charge on any atom is -0.467 e. The Bertz CT molecular complexity index is 1360. The van der Waals surface area contributed by atoms with Gasteiger partial charge in [0.2, 0.25) is 15.0 Å². The zero-order chi connectivity index (χ0) is 25.0. The van der Waals surface area contributed by atoms with Crippen LogP contribution in [0.25, 0.3) is 0 Å². The van der Waals surface area contributed by atoms with Crippen molar-refractivity contribution in [2.24, 2.45) is 0 Å². The van der Waals surface area contributed by atoms with Crippen molar-refractivity contribution in [1.82, 2.24) is 9.97 Å². The second-order valence-electron chi connectivity index (χ2n) is 8.03. The Hall–Kier alpha value is -3.50. The number of aryl methyl sites for hydroxylation is 2. The molecule has 0 spiro atoms. The maximum Gasteiger partial charge on any atom is 0.276 e. The van der Waals surface area contributed by atoms with Gasteiger partial charge in [0, 0.05) is 10.6 Å². The monoisotopic (exact) mass is 510 g/mol. The van der Waals surface area contributed by atoms with Crippen molar-refractivity contribution in [1.29, 1.82) is 0 Å². The van der Waals surface area contributed by atoms with Gasteiger partial charge in [0.25, 0.3) is 5.91 Å². The Morgan fingerprint density at radius 1 is 1.09 bits per heavy atom. The van der Waals surface area contributed by atoms with E-state index in [1.54, 1.807) is 23.7 Å². The first-order chi connectivity index (χ1) is 16.8. The summed E-state index contributed by atoms with van der Waals surface area (Å²) in [7, 11) is -3.72. The third-order valence-corrected chi connectivity index (χ3v) is 7.91. The smallest absolute Gasteiger partial charge is 0.276 e. The highest BCUT2D eigenvalue weighted by atomic mass is 32.2. The van der Waals surface area contributed by atoms with Crippen LogP contribution in [0.3, 0.4) is 0 Å². The number of carbonyl (C=O) groups is 1. The summed E-state index contributed by atoms with van der Waals surface area (Å²) in [5, 5.41) is 4.54. The molecule has 1 N–H and O–H groups in total. The molecule has 10 heteroatoms. The van der Waals surface area contributed by atoms with E-state index < -0.39 is 15.7 Å². The van der Waals surface area contributed by atoms with Gasteiger partial charge in [0.15, 0.2) is 5.69 Å². The number of carbonyl (C=O) groups excluding carboxylic acids is 1. The van der Waals surface area contributed by atoms with Crippen LogP contribution in [0.5, 0.6) is 0 Å². The maximum atomic E-state index is 13.6. The summed E-state index contributed by atoms with van der Waals surface area (Å²) in [6.45, 7) is 6.12. The highest BCUT2D eigenvalue weighted by Gasteiger charge is 2.26. The fourth-order valence-electron chi connectivity index (χ4n) is 3.63. The molecule has 0 bridgehead atoms. The molecule has 0 aliphatic carbocycles. The molecule has 1 amide bonds. The van der Waals surface area contributed by atoms with Crippen LogP contribution < -0.4 is 10.2 Å². The number of nitrogens with zero attached hydrogens (tertiary/aromatic N) is 3. The Balaban J connectivity index is 1.81. The van der Waals surface area contributed by atoms with E-state index >= 15 is 0 Å². The minimum absolute atomic E-state index is 0.0159. The highest BCUT2D eigenvalue weighted by Crippen LogP contribution is 2.27. The van der Waals surface area contributed by atoms with Gasteiger partial charge in [-0.05, 0) is 48.6 Å². The van der Waals surface area contributed by atoms with E-state index in [0.29, 0.717) is 30.2 Å². The van der Waals surface area contributed by atoms with Crippen molar-refractivity contribution < 1.29 is 17.6 Å².